The van der Waals surface area contributed by atoms with Crippen molar-refractivity contribution >= 4 is 5.97 Å². The van der Waals surface area contributed by atoms with Gasteiger partial charge in [-0.3, -0.25) is 0 Å². The molecule has 8 nitrogen and oxygen atoms in total. The molecule has 2 N–H and O–H groups in total. The number of benzene rings is 3. The summed E-state index contributed by atoms with van der Waals surface area (Å²) in [5, 5.41) is 9.97. The molecule has 0 aliphatic carbocycles. The fraction of sp³-hybridized carbons (Fsp3) is 0.371. The molecule has 3 aromatic carbocycles. The number of nitrogens with two attached hydrogens (primary N) is 1. The van der Waals surface area contributed by atoms with Crippen molar-refractivity contribution in [2.75, 3.05) is 20.3 Å². The molecule has 1 unspecified atom stereocenters. The molecule has 0 spiro atoms. The van der Waals surface area contributed by atoms with Crippen molar-refractivity contribution in [2.24, 2.45) is 5.73 Å². The first-order valence-electron chi connectivity index (χ1n) is 14.8. The molecule has 0 aromatic heterocycles. The second kappa shape index (κ2) is 15.0. The van der Waals surface area contributed by atoms with E-state index in [2.05, 4.69) is 26.8 Å². The maximum Gasteiger partial charge on any atom is 0.349 e. The summed E-state index contributed by atoms with van der Waals surface area (Å²) in [4.78, 5) is 12.5. The number of nitriles is 1. The molecular weight excluding hydrogens is 544 g/mol. The number of methoxy groups -OCH3 is 1. The van der Waals surface area contributed by atoms with Gasteiger partial charge < -0.3 is 29.4 Å². The molecule has 1 atom stereocenters. The number of fused-ring (bicyclic) bond motifs is 1. The number of ether oxygens (including phenoxy) is 5. The summed E-state index contributed by atoms with van der Waals surface area (Å²) in [5.74, 6) is 1.78. The molecule has 0 radical (unpaired) electrons. The zero-order chi connectivity index (χ0) is 30.8. The highest BCUT2D eigenvalue weighted by Crippen LogP contribution is 2.45. The van der Waals surface area contributed by atoms with Gasteiger partial charge in [-0.2, -0.15) is 5.26 Å². The molecule has 0 bridgehead atoms. The van der Waals surface area contributed by atoms with Gasteiger partial charge in [-0.15, -0.1) is 0 Å². The van der Waals surface area contributed by atoms with Crippen molar-refractivity contribution < 1.29 is 28.5 Å². The smallest absolute Gasteiger partial charge is 0.349 e. The topological polar surface area (TPSA) is 113 Å². The summed E-state index contributed by atoms with van der Waals surface area (Å²) >= 11 is 0. The summed E-state index contributed by atoms with van der Waals surface area (Å²) in [6.45, 7) is 6.77. The minimum absolute atomic E-state index is 0.0111. The average molecular weight is 585 g/mol. The van der Waals surface area contributed by atoms with E-state index in [-0.39, 0.29) is 23.8 Å². The van der Waals surface area contributed by atoms with Crippen molar-refractivity contribution in [3.05, 3.63) is 88.8 Å². The zero-order valence-electron chi connectivity index (χ0n) is 25.4. The third-order valence-corrected chi connectivity index (χ3v) is 7.35. The number of carbonyl (C=O) groups is 1. The first-order valence-corrected chi connectivity index (χ1v) is 14.8. The van der Waals surface area contributed by atoms with Crippen LogP contribution in [0.4, 0.5) is 0 Å². The first-order chi connectivity index (χ1) is 20.8. The fourth-order valence-corrected chi connectivity index (χ4v) is 4.96. The zero-order valence-corrected chi connectivity index (χ0v) is 25.4. The van der Waals surface area contributed by atoms with Crippen molar-refractivity contribution in [1.82, 2.24) is 0 Å². The number of rotatable bonds is 14. The Labute approximate surface area is 254 Å². The van der Waals surface area contributed by atoms with Crippen LogP contribution in [0, 0.1) is 11.3 Å². The van der Waals surface area contributed by atoms with Crippen molar-refractivity contribution in [3.63, 3.8) is 0 Å². The number of esters is 1. The van der Waals surface area contributed by atoms with Crippen LogP contribution in [-0.2, 0) is 4.79 Å². The van der Waals surface area contributed by atoms with Crippen LogP contribution in [0.5, 0.6) is 28.7 Å². The average Bonchev–Trinajstić information content (AvgIpc) is 3.01. The van der Waals surface area contributed by atoms with Crippen LogP contribution in [0.25, 0.3) is 0 Å². The normalized spacial score (nSPS) is 14.0. The monoisotopic (exact) mass is 584 g/mol. The van der Waals surface area contributed by atoms with Crippen molar-refractivity contribution in [3.8, 4) is 34.8 Å². The van der Waals surface area contributed by atoms with E-state index in [0.29, 0.717) is 41.1 Å². The highest BCUT2D eigenvalue weighted by Gasteiger charge is 2.32. The highest BCUT2D eigenvalue weighted by atomic mass is 16.6. The van der Waals surface area contributed by atoms with Gasteiger partial charge in [-0.05, 0) is 53.8 Å². The SMILES string of the molecule is CCCCCCCOc1ccc(C2C(C#N)=C(N)Oc3cc(OC(=O)COc4ccc(C(C)C)cc4)ccc32)cc1OC. The Bertz CT molecular complexity index is 1470. The first kappa shape index (κ1) is 31.3. The van der Waals surface area contributed by atoms with Gasteiger partial charge >= 0.3 is 5.97 Å². The van der Waals surface area contributed by atoms with E-state index in [1.165, 1.54) is 24.8 Å². The number of carbonyl (C=O) groups excluding carboxylic acids is 1. The lowest BCUT2D eigenvalue weighted by atomic mass is 9.83. The van der Waals surface area contributed by atoms with E-state index in [1.54, 1.807) is 25.3 Å². The standard InChI is InChI=1S/C35H40N2O6/c1-5-6-7-8-9-18-40-30-17-12-25(19-32(30)39-4)34-28-16-15-27(20-31(28)43-35(37)29(34)21-36)42-33(38)22-41-26-13-10-24(11-14-26)23(2)3/h10-17,19-20,23,34H,5-9,18,22,37H2,1-4H3. The molecule has 1 aliphatic heterocycles. The Morgan fingerprint density at radius 1 is 0.953 bits per heavy atom. The highest BCUT2D eigenvalue weighted by molar-refractivity contribution is 5.74. The molecule has 226 valence electrons. The second-order valence-electron chi connectivity index (χ2n) is 10.8. The summed E-state index contributed by atoms with van der Waals surface area (Å²) in [6, 6.07) is 20.4. The molecule has 3 aromatic rings. The molecule has 1 aliphatic rings. The predicted octanol–water partition coefficient (Wildman–Crippen LogP) is 7.37. The van der Waals surface area contributed by atoms with Gasteiger partial charge in [0.05, 0.1) is 19.6 Å². The van der Waals surface area contributed by atoms with Crippen LogP contribution in [-0.4, -0.2) is 26.3 Å². The van der Waals surface area contributed by atoms with E-state index in [4.69, 9.17) is 29.4 Å². The van der Waals surface area contributed by atoms with Crippen molar-refractivity contribution in [2.45, 2.75) is 64.7 Å². The molecule has 1 heterocycles. The molecule has 43 heavy (non-hydrogen) atoms. The van der Waals surface area contributed by atoms with Crippen LogP contribution in [0.2, 0.25) is 0 Å². The molecule has 0 saturated carbocycles. The van der Waals surface area contributed by atoms with Gasteiger partial charge in [0, 0.05) is 11.6 Å². The minimum atomic E-state index is -0.563. The molecular formula is C35H40N2O6. The molecule has 0 amide bonds. The van der Waals surface area contributed by atoms with Gasteiger partial charge in [0.25, 0.3) is 0 Å². The summed E-state index contributed by atoms with van der Waals surface area (Å²) in [6.07, 6.45) is 5.73. The minimum Gasteiger partial charge on any atom is -0.493 e. The van der Waals surface area contributed by atoms with Crippen LogP contribution < -0.4 is 29.4 Å². The van der Waals surface area contributed by atoms with Crippen LogP contribution in [0.3, 0.4) is 0 Å². The Morgan fingerprint density at radius 3 is 2.40 bits per heavy atom. The van der Waals surface area contributed by atoms with Gasteiger partial charge in [-0.25, -0.2) is 4.79 Å². The third-order valence-electron chi connectivity index (χ3n) is 7.35. The molecule has 4 rings (SSSR count). The van der Waals surface area contributed by atoms with Gasteiger partial charge in [0.1, 0.15) is 28.9 Å². The van der Waals surface area contributed by atoms with E-state index in [1.807, 2.05) is 42.5 Å². The summed E-state index contributed by atoms with van der Waals surface area (Å²) < 4.78 is 28.5. The number of unbranched alkanes of at least 4 members (excludes halogenated alkanes) is 4. The number of hydrogen-bond donors (Lipinski definition) is 1. The fourth-order valence-electron chi connectivity index (χ4n) is 4.96. The van der Waals surface area contributed by atoms with E-state index >= 15 is 0 Å². The Morgan fingerprint density at radius 2 is 1.70 bits per heavy atom. The Kier molecular flexibility index (Phi) is 10.9. The summed E-state index contributed by atoms with van der Waals surface area (Å²) in [7, 11) is 1.59. The Hall–Kier alpha value is -4.64. The van der Waals surface area contributed by atoms with E-state index in [9.17, 15) is 10.1 Å². The molecule has 0 fully saturated rings. The largest absolute Gasteiger partial charge is 0.493 e. The molecule has 0 saturated heterocycles. The predicted molar refractivity (Wildman–Crippen MR) is 165 cm³/mol. The van der Waals surface area contributed by atoms with Crippen LogP contribution in [0.15, 0.2) is 72.1 Å². The summed E-state index contributed by atoms with van der Waals surface area (Å²) in [5.41, 5.74) is 9.15. The van der Waals surface area contributed by atoms with E-state index < -0.39 is 11.9 Å². The lowest BCUT2D eigenvalue weighted by molar-refractivity contribution is -0.136. The lowest BCUT2D eigenvalue weighted by Gasteiger charge is -2.27. The number of allylic oxidation sites excluding steroid dienone is 1. The molecule has 8 heteroatoms. The van der Waals surface area contributed by atoms with Crippen LogP contribution in [0.1, 0.15) is 81.4 Å². The quantitative estimate of drug-likeness (QED) is 0.119. The maximum atomic E-state index is 12.5. The van der Waals surface area contributed by atoms with Crippen molar-refractivity contribution in [1.29, 1.82) is 5.26 Å². The number of nitrogens with zero attached hydrogens (tertiary/aromatic N) is 1. The second-order valence-corrected chi connectivity index (χ2v) is 10.8. The Balaban J connectivity index is 1.47. The van der Waals surface area contributed by atoms with Gasteiger partial charge in [-0.1, -0.05) is 70.7 Å². The van der Waals surface area contributed by atoms with Crippen LogP contribution >= 0.6 is 0 Å². The maximum absolute atomic E-state index is 12.5. The van der Waals surface area contributed by atoms with Gasteiger partial charge in [0.2, 0.25) is 5.88 Å². The number of hydrogen-bond acceptors (Lipinski definition) is 8. The third kappa shape index (κ3) is 8.01. The lowest BCUT2D eigenvalue weighted by Crippen LogP contribution is -2.22. The van der Waals surface area contributed by atoms with Gasteiger partial charge in [0.15, 0.2) is 18.1 Å². The van der Waals surface area contributed by atoms with E-state index in [0.717, 1.165) is 18.4 Å².